The van der Waals surface area contributed by atoms with Gasteiger partial charge in [0.15, 0.2) is 0 Å². The molecule has 0 atom stereocenters. The van der Waals surface area contributed by atoms with Gasteiger partial charge in [0.25, 0.3) is 0 Å². The van der Waals surface area contributed by atoms with Crippen LogP contribution < -0.4 is 5.32 Å². The Balaban J connectivity index is 1.17. The van der Waals surface area contributed by atoms with Gasteiger partial charge >= 0.3 is 0 Å². The summed E-state index contributed by atoms with van der Waals surface area (Å²) in [5.41, 5.74) is 5.02. The number of likely N-dealkylation sites (tertiary alicyclic amines) is 1. The Morgan fingerprint density at radius 2 is 1.83 bits per heavy atom. The first-order valence-electron chi connectivity index (χ1n) is 12.8. The quantitative estimate of drug-likeness (QED) is 0.272. The Bertz CT molecular complexity index is 1300. The maximum Gasteiger partial charge on any atom is 0.0967 e. The smallest absolute Gasteiger partial charge is 0.0967 e. The van der Waals surface area contributed by atoms with Crippen LogP contribution in [0.5, 0.6) is 0 Å². The van der Waals surface area contributed by atoms with Gasteiger partial charge in [0.2, 0.25) is 0 Å². The lowest BCUT2D eigenvalue weighted by Crippen LogP contribution is -2.29. The van der Waals surface area contributed by atoms with Crippen molar-refractivity contribution < 1.29 is 0 Å². The molecule has 1 N–H and O–H groups in total. The molecule has 5 rings (SSSR count). The molecule has 8 heteroatoms. The fourth-order valence-electron chi connectivity index (χ4n) is 4.60. The van der Waals surface area contributed by atoms with Crippen LogP contribution in [-0.2, 0) is 13.1 Å². The molecule has 1 saturated heterocycles. The molecule has 186 valence electrons. The summed E-state index contributed by atoms with van der Waals surface area (Å²) in [6.07, 6.45) is 15.7. The van der Waals surface area contributed by atoms with Gasteiger partial charge in [-0.05, 0) is 86.8 Å². The second-order valence-corrected chi connectivity index (χ2v) is 9.75. The van der Waals surface area contributed by atoms with Crippen LogP contribution in [0, 0.1) is 0 Å². The van der Waals surface area contributed by atoms with Crippen LogP contribution in [0.25, 0.3) is 23.1 Å². The third-order valence-corrected chi connectivity index (χ3v) is 6.73. The number of piperidine rings is 1. The maximum atomic E-state index is 6.29. The maximum absolute atomic E-state index is 6.29. The molecule has 0 amide bonds. The SMILES string of the molecule is Clc1ccc2nc(/C=C/c3ccncc3)cc(NCCCCn3cc(CN4CCCCC4)nn3)c2c1. The van der Waals surface area contributed by atoms with E-state index in [0.29, 0.717) is 5.02 Å². The van der Waals surface area contributed by atoms with E-state index in [9.17, 15) is 0 Å². The molecular formula is C28H32ClN7. The van der Waals surface area contributed by atoms with Gasteiger partial charge in [0.1, 0.15) is 0 Å². The van der Waals surface area contributed by atoms with Crippen molar-refractivity contribution in [3.8, 4) is 0 Å². The van der Waals surface area contributed by atoms with Crippen molar-refractivity contribution in [2.45, 2.75) is 45.2 Å². The van der Waals surface area contributed by atoms with Gasteiger partial charge in [0, 0.05) is 54.3 Å². The minimum atomic E-state index is 0.707. The van der Waals surface area contributed by atoms with E-state index in [-0.39, 0.29) is 0 Å². The number of hydrogen-bond acceptors (Lipinski definition) is 6. The van der Waals surface area contributed by atoms with Crippen molar-refractivity contribution in [1.82, 2.24) is 29.9 Å². The van der Waals surface area contributed by atoms with Crippen molar-refractivity contribution in [3.05, 3.63) is 77.0 Å². The molecule has 0 radical (unpaired) electrons. The Labute approximate surface area is 217 Å². The van der Waals surface area contributed by atoms with Crippen LogP contribution in [0.1, 0.15) is 49.1 Å². The van der Waals surface area contributed by atoms with Crippen molar-refractivity contribution in [1.29, 1.82) is 0 Å². The number of halogens is 1. The lowest BCUT2D eigenvalue weighted by atomic mass is 10.1. The fourth-order valence-corrected chi connectivity index (χ4v) is 4.77. The number of fused-ring (bicyclic) bond motifs is 1. The minimum absolute atomic E-state index is 0.707. The van der Waals surface area contributed by atoms with E-state index in [1.165, 1.54) is 32.4 Å². The summed E-state index contributed by atoms with van der Waals surface area (Å²) in [5, 5.41) is 14.0. The molecular weight excluding hydrogens is 470 g/mol. The molecule has 1 aromatic carbocycles. The van der Waals surface area contributed by atoms with Gasteiger partial charge in [0.05, 0.1) is 16.9 Å². The van der Waals surface area contributed by atoms with Gasteiger partial charge in [-0.25, -0.2) is 4.98 Å². The van der Waals surface area contributed by atoms with Crippen molar-refractivity contribution in [3.63, 3.8) is 0 Å². The van der Waals surface area contributed by atoms with Gasteiger partial charge < -0.3 is 5.32 Å². The molecule has 1 fully saturated rings. The summed E-state index contributed by atoms with van der Waals surface area (Å²) in [6.45, 7) is 4.99. The molecule has 0 spiro atoms. The highest BCUT2D eigenvalue weighted by molar-refractivity contribution is 6.31. The number of unbranched alkanes of at least 4 members (excludes halogenated alkanes) is 1. The number of pyridine rings is 2. The molecule has 0 bridgehead atoms. The Morgan fingerprint density at radius 3 is 2.69 bits per heavy atom. The molecule has 7 nitrogen and oxygen atoms in total. The number of nitrogens with one attached hydrogen (secondary N) is 1. The van der Waals surface area contributed by atoms with Crippen LogP contribution >= 0.6 is 11.6 Å². The zero-order chi connectivity index (χ0) is 24.6. The van der Waals surface area contributed by atoms with E-state index in [0.717, 1.165) is 66.0 Å². The molecule has 0 unspecified atom stereocenters. The van der Waals surface area contributed by atoms with E-state index in [1.54, 1.807) is 12.4 Å². The predicted octanol–water partition coefficient (Wildman–Crippen LogP) is 5.92. The van der Waals surface area contributed by atoms with Gasteiger partial charge in [-0.3, -0.25) is 14.6 Å². The summed E-state index contributed by atoms with van der Waals surface area (Å²) in [7, 11) is 0. The topological polar surface area (TPSA) is 71.8 Å². The van der Waals surface area contributed by atoms with E-state index in [1.807, 2.05) is 47.2 Å². The Kier molecular flexibility index (Phi) is 8.20. The standard InChI is InChI=1S/C28H32ClN7/c29-23-7-9-27-26(18-23)28(19-24(32-27)8-6-22-10-13-30-14-11-22)31-12-2-5-17-36-21-25(33-34-36)20-35-15-3-1-4-16-35/h6-11,13-14,18-19,21H,1-5,12,15-17,20H2,(H,31,32)/b8-6+. The molecule has 4 aromatic rings. The minimum Gasteiger partial charge on any atom is -0.384 e. The molecule has 4 heterocycles. The summed E-state index contributed by atoms with van der Waals surface area (Å²) >= 11 is 6.29. The van der Waals surface area contributed by atoms with Crippen molar-refractivity contribution in [2.24, 2.45) is 0 Å². The normalized spacial score (nSPS) is 14.6. The van der Waals surface area contributed by atoms with E-state index in [2.05, 4.69) is 37.8 Å². The van der Waals surface area contributed by atoms with Gasteiger partial charge in [-0.2, -0.15) is 0 Å². The molecule has 0 aliphatic carbocycles. The third kappa shape index (κ3) is 6.68. The lowest BCUT2D eigenvalue weighted by molar-refractivity contribution is 0.218. The fraction of sp³-hybridized carbons (Fsp3) is 0.357. The summed E-state index contributed by atoms with van der Waals surface area (Å²) in [6, 6.07) is 11.9. The first-order chi connectivity index (χ1) is 17.7. The monoisotopic (exact) mass is 501 g/mol. The van der Waals surface area contributed by atoms with Gasteiger partial charge in [-0.15, -0.1) is 5.10 Å². The largest absolute Gasteiger partial charge is 0.384 e. The number of nitrogens with zero attached hydrogens (tertiary/aromatic N) is 6. The molecule has 3 aromatic heterocycles. The zero-order valence-electron chi connectivity index (χ0n) is 20.5. The molecule has 1 aliphatic heterocycles. The highest BCUT2D eigenvalue weighted by atomic mass is 35.5. The van der Waals surface area contributed by atoms with Crippen molar-refractivity contribution in [2.75, 3.05) is 25.0 Å². The number of aryl methyl sites for hydroxylation is 1. The summed E-state index contributed by atoms with van der Waals surface area (Å²) in [5.74, 6) is 0. The average molecular weight is 502 g/mol. The van der Waals surface area contributed by atoms with E-state index >= 15 is 0 Å². The van der Waals surface area contributed by atoms with Crippen molar-refractivity contribution >= 4 is 40.3 Å². The Morgan fingerprint density at radius 1 is 0.972 bits per heavy atom. The second kappa shape index (κ2) is 12.1. The number of aromatic nitrogens is 5. The number of hydrogen-bond donors (Lipinski definition) is 1. The van der Waals surface area contributed by atoms with E-state index < -0.39 is 0 Å². The zero-order valence-corrected chi connectivity index (χ0v) is 21.2. The summed E-state index contributed by atoms with van der Waals surface area (Å²) < 4.78 is 1.98. The Hall–Kier alpha value is -3.29. The lowest BCUT2D eigenvalue weighted by Gasteiger charge is -2.25. The second-order valence-electron chi connectivity index (χ2n) is 9.31. The van der Waals surface area contributed by atoms with Crippen LogP contribution in [-0.4, -0.2) is 49.5 Å². The van der Waals surface area contributed by atoms with Gasteiger partial charge in [-0.1, -0.05) is 29.3 Å². The van der Waals surface area contributed by atoms with Crippen LogP contribution in [0.15, 0.2) is 55.0 Å². The predicted molar refractivity (Wildman–Crippen MR) is 147 cm³/mol. The average Bonchev–Trinajstić information content (AvgIpc) is 3.35. The number of anilines is 1. The number of rotatable bonds is 10. The molecule has 36 heavy (non-hydrogen) atoms. The third-order valence-electron chi connectivity index (χ3n) is 6.49. The van der Waals surface area contributed by atoms with Crippen LogP contribution in [0.4, 0.5) is 5.69 Å². The van der Waals surface area contributed by atoms with Crippen LogP contribution in [0.2, 0.25) is 5.02 Å². The first kappa shape index (κ1) is 24.4. The highest BCUT2D eigenvalue weighted by Gasteiger charge is 2.12. The highest BCUT2D eigenvalue weighted by Crippen LogP contribution is 2.27. The summed E-state index contributed by atoms with van der Waals surface area (Å²) in [4.78, 5) is 11.4. The van der Waals surface area contributed by atoms with E-state index in [4.69, 9.17) is 16.6 Å². The van der Waals surface area contributed by atoms with Crippen LogP contribution in [0.3, 0.4) is 0 Å². The molecule has 1 aliphatic rings. The number of benzene rings is 1. The molecule has 0 saturated carbocycles. The first-order valence-corrected chi connectivity index (χ1v) is 13.1.